The van der Waals surface area contributed by atoms with Crippen LogP contribution in [0.25, 0.3) is 0 Å². The minimum Gasteiger partial charge on any atom is -0.343 e. The maximum atomic E-state index is 12.5. The van der Waals surface area contributed by atoms with E-state index in [0.29, 0.717) is 0 Å². The van der Waals surface area contributed by atoms with E-state index in [0.717, 1.165) is 16.8 Å². The molecule has 2 rings (SSSR count). The normalized spacial score (nSPS) is 23.2. The van der Waals surface area contributed by atoms with E-state index in [1.54, 1.807) is 11.8 Å². The van der Waals surface area contributed by atoms with Gasteiger partial charge in [0.15, 0.2) is 0 Å². The molecule has 0 aliphatic carbocycles. The first kappa shape index (κ1) is 14.6. The first-order chi connectivity index (χ1) is 9.31. The van der Waals surface area contributed by atoms with Gasteiger partial charge < -0.3 is 5.32 Å². The maximum Gasteiger partial charge on any atom is 0.250 e. The van der Waals surface area contributed by atoms with Crippen LogP contribution in [0.3, 0.4) is 0 Å². The van der Waals surface area contributed by atoms with Gasteiger partial charge in [0.1, 0.15) is 12.1 Å². The molecule has 2 atom stereocenters. The zero-order chi connectivity index (χ0) is 15.0. The van der Waals surface area contributed by atoms with Gasteiger partial charge in [-0.15, -0.1) is 0 Å². The number of aryl methyl sites for hydroxylation is 2. The molecule has 0 bridgehead atoms. The summed E-state index contributed by atoms with van der Waals surface area (Å²) in [5.41, 5.74) is 3.00. The Kier molecular flexibility index (Phi) is 3.84. The standard InChI is InChI=1S/C16H22N2O2/c1-9(2)14-15(19)17-12(5)16(20)18(14)13-7-10(3)6-11(4)8-13/h6-9,12,14H,1-5H3,(H,17,19). The third kappa shape index (κ3) is 2.55. The average Bonchev–Trinajstić information content (AvgIpc) is 2.31. The lowest BCUT2D eigenvalue weighted by molar-refractivity contribution is -0.134. The quantitative estimate of drug-likeness (QED) is 0.898. The third-order valence-corrected chi connectivity index (χ3v) is 3.63. The van der Waals surface area contributed by atoms with Gasteiger partial charge in [-0.2, -0.15) is 0 Å². The number of rotatable bonds is 2. The molecule has 1 aromatic carbocycles. The van der Waals surface area contributed by atoms with Crippen molar-refractivity contribution in [2.24, 2.45) is 5.92 Å². The minimum atomic E-state index is -0.474. The van der Waals surface area contributed by atoms with Crippen molar-refractivity contribution < 1.29 is 9.59 Å². The first-order valence-electron chi connectivity index (χ1n) is 7.03. The largest absolute Gasteiger partial charge is 0.343 e. The lowest BCUT2D eigenvalue weighted by Crippen LogP contribution is -2.64. The van der Waals surface area contributed by atoms with Gasteiger partial charge in [0, 0.05) is 5.69 Å². The highest BCUT2D eigenvalue weighted by Gasteiger charge is 2.41. The van der Waals surface area contributed by atoms with E-state index in [2.05, 4.69) is 11.4 Å². The summed E-state index contributed by atoms with van der Waals surface area (Å²) in [6.45, 7) is 9.65. The summed E-state index contributed by atoms with van der Waals surface area (Å²) < 4.78 is 0. The summed E-state index contributed by atoms with van der Waals surface area (Å²) in [7, 11) is 0. The van der Waals surface area contributed by atoms with Gasteiger partial charge in [-0.25, -0.2) is 0 Å². The molecule has 108 valence electrons. The second-order valence-corrected chi connectivity index (χ2v) is 5.97. The molecule has 4 heteroatoms. The van der Waals surface area contributed by atoms with Gasteiger partial charge in [-0.3, -0.25) is 14.5 Å². The smallest absolute Gasteiger partial charge is 0.250 e. The number of carbonyl (C=O) groups is 2. The van der Waals surface area contributed by atoms with Crippen LogP contribution in [-0.4, -0.2) is 23.9 Å². The summed E-state index contributed by atoms with van der Waals surface area (Å²) in [5.74, 6) is -0.0631. The molecule has 1 aromatic rings. The second-order valence-electron chi connectivity index (χ2n) is 5.97. The summed E-state index contributed by atoms with van der Waals surface area (Å²) >= 11 is 0. The molecule has 0 saturated carbocycles. The molecular formula is C16H22N2O2. The molecule has 1 fully saturated rings. The van der Waals surface area contributed by atoms with Crippen molar-refractivity contribution in [3.8, 4) is 0 Å². The Labute approximate surface area is 120 Å². The van der Waals surface area contributed by atoms with Crippen molar-refractivity contribution in [3.63, 3.8) is 0 Å². The van der Waals surface area contributed by atoms with Crippen LogP contribution in [0, 0.1) is 19.8 Å². The fraction of sp³-hybridized carbons (Fsp3) is 0.500. The predicted molar refractivity (Wildman–Crippen MR) is 79.6 cm³/mol. The maximum absolute atomic E-state index is 12.5. The second kappa shape index (κ2) is 5.27. The van der Waals surface area contributed by atoms with Crippen molar-refractivity contribution in [1.29, 1.82) is 0 Å². The van der Waals surface area contributed by atoms with Crippen LogP contribution in [0.2, 0.25) is 0 Å². The van der Waals surface area contributed by atoms with Crippen molar-refractivity contribution >= 4 is 17.5 Å². The molecule has 0 aromatic heterocycles. The van der Waals surface area contributed by atoms with E-state index < -0.39 is 12.1 Å². The van der Waals surface area contributed by atoms with E-state index in [4.69, 9.17) is 0 Å². The third-order valence-electron chi connectivity index (χ3n) is 3.63. The number of nitrogens with zero attached hydrogens (tertiary/aromatic N) is 1. The van der Waals surface area contributed by atoms with Crippen LogP contribution in [0.4, 0.5) is 5.69 Å². The zero-order valence-corrected chi connectivity index (χ0v) is 12.7. The van der Waals surface area contributed by atoms with E-state index in [1.807, 2.05) is 39.8 Å². The van der Waals surface area contributed by atoms with Crippen LogP contribution in [0.1, 0.15) is 31.9 Å². The van der Waals surface area contributed by atoms with Crippen LogP contribution >= 0.6 is 0 Å². The molecule has 0 spiro atoms. The Bertz CT molecular complexity index is 531. The molecular weight excluding hydrogens is 252 g/mol. The van der Waals surface area contributed by atoms with Gasteiger partial charge >= 0.3 is 0 Å². The van der Waals surface area contributed by atoms with Crippen molar-refractivity contribution in [2.75, 3.05) is 4.90 Å². The van der Waals surface area contributed by atoms with Crippen LogP contribution in [0.15, 0.2) is 18.2 Å². The number of anilines is 1. The molecule has 1 N–H and O–H groups in total. The molecule has 1 aliphatic heterocycles. The molecule has 2 unspecified atom stereocenters. The number of benzene rings is 1. The summed E-state index contributed by atoms with van der Waals surface area (Å²) in [5, 5.41) is 2.76. The van der Waals surface area contributed by atoms with Gasteiger partial charge in [0.25, 0.3) is 0 Å². The fourth-order valence-corrected chi connectivity index (χ4v) is 2.80. The molecule has 20 heavy (non-hydrogen) atoms. The molecule has 1 aliphatic rings. The molecule has 1 saturated heterocycles. The lowest BCUT2D eigenvalue weighted by atomic mass is 9.96. The Morgan fingerprint density at radius 3 is 2.15 bits per heavy atom. The number of amides is 2. The highest BCUT2D eigenvalue weighted by Crippen LogP contribution is 2.27. The highest BCUT2D eigenvalue weighted by atomic mass is 16.2. The SMILES string of the molecule is Cc1cc(C)cc(N2C(=O)C(C)NC(=O)C2C(C)C)c1. The Hall–Kier alpha value is -1.84. The van der Waals surface area contributed by atoms with Gasteiger partial charge in [-0.05, 0) is 49.9 Å². The number of nitrogens with one attached hydrogen (secondary N) is 1. The van der Waals surface area contributed by atoms with E-state index in [1.165, 1.54) is 0 Å². The average molecular weight is 274 g/mol. The predicted octanol–water partition coefficient (Wildman–Crippen LogP) is 2.18. The molecule has 4 nitrogen and oxygen atoms in total. The van der Waals surface area contributed by atoms with Crippen LogP contribution in [-0.2, 0) is 9.59 Å². The van der Waals surface area contributed by atoms with Crippen molar-refractivity contribution in [3.05, 3.63) is 29.3 Å². The Morgan fingerprint density at radius 1 is 1.10 bits per heavy atom. The molecule has 0 radical (unpaired) electrons. The van der Waals surface area contributed by atoms with Crippen molar-refractivity contribution in [1.82, 2.24) is 5.32 Å². The van der Waals surface area contributed by atoms with E-state index in [-0.39, 0.29) is 17.7 Å². The zero-order valence-electron chi connectivity index (χ0n) is 12.7. The van der Waals surface area contributed by atoms with E-state index >= 15 is 0 Å². The van der Waals surface area contributed by atoms with Crippen LogP contribution in [0.5, 0.6) is 0 Å². The number of hydrogen-bond acceptors (Lipinski definition) is 2. The summed E-state index contributed by atoms with van der Waals surface area (Å²) in [6, 6.07) is 5.07. The fourth-order valence-electron chi connectivity index (χ4n) is 2.80. The Balaban J connectivity index is 2.52. The van der Waals surface area contributed by atoms with Gasteiger partial charge in [0.2, 0.25) is 11.8 Å². The monoisotopic (exact) mass is 274 g/mol. The van der Waals surface area contributed by atoms with E-state index in [9.17, 15) is 9.59 Å². The van der Waals surface area contributed by atoms with Crippen molar-refractivity contribution in [2.45, 2.75) is 46.7 Å². The first-order valence-corrected chi connectivity index (χ1v) is 7.03. The lowest BCUT2D eigenvalue weighted by Gasteiger charge is -2.40. The van der Waals surface area contributed by atoms with Gasteiger partial charge in [0.05, 0.1) is 0 Å². The highest BCUT2D eigenvalue weighted by molar-refractivity contribution is 6.08. The molecule has 2 amide bonds. The number of carbonyl (C=O) groups excluding carboxylic acids is 2. The Morgan fingerprint density at radius 2 is 1.65 bits per heavy atom. The summed E-state index contributed by atoms with van der Waals surface area (Å²) in [6.07, 6.45) is 0. The number of piperazine rings is 1. The van der Waals surface area contributed by atoms with Crippen LogP contribution < -0.4 is 10.2 Å². The summed E-state index contributed by atoms with van der Waals surface area (Å²) in [4.78, 5) is 26.4. The number of hydrogen-bond donors (Lipinski definition) is 1. The topological polar surface area (TPSA) is 49.4 Å². The van der Waals surface area contributed by atoms with Gasteiger partial charge in [-0.1, -0.05) is 19.9 Å². The minimum absolute atomic E-state index is 0.0479. The molecule has 1 heterocycles.